The summed E-state index contributed by atoms with van der Waals surface area (Å²) in [4.78, 5) is 1.39. The Morgan fingerprint density at radius 3 is 0.632 bits per heavy atom. The summed E-state index contributed by atoms with van der Waals surface area (Å²) in [6.45, 7) is 0. The average Bonchev–Trinajstić information content (AvgIpc) is 4.00. The monoisotopic (exact) mass is 810 g/mol. The number of fused-ring (bicyclic) bond motifs is 3. The van der Waals surface area contributed by atoms with Gasteiger partial charge in [-0.05, 0) is 91.6 Å². The molecule has 12 rings (SSSR count). The van der Waals surface area contributed by atoms with E-state index >= 15 is 0 Å². The van der Waals surface area contributed by atoms with Gasteiger partial charge in [-0.15, -0.1) is 0 Å². The highest BCUT2D eigenvalue weighted by molar-refractivity contribution is 7.94. The normalized spacial score (nSPS) is 31.6. The summed E-state index contributed by atoms with van der Waals surface area (Å²) in [5, 5.41) is 0. The van der Waals surface area contributed by atoms with Gasteiger partial charge in [-0.2, -0.15) is 0 Å². The third-order valence-corrected chi connectivity index (χ3v) is 21.9. The van der Waals surface area contributed by atoms with Crippen LogP contribution in [-0.2, 0) is 45.8 Å². The Bertz CT molecular complexity index is 2500. The van der Waals surface area contributed by atoms with E-state index < -0.39 is 43.8 Å². The largest absolute Gasteiger partial charge is 0.223 e. The first-order chi connectivity index (χ1) is 27.4. The zero-order chi connectivity index (χ0) is 39.4. The Morgan fingerprint density at radius 2 is 0.439 bits per heavy atom. The lowest BCUT2D eigenvalue weighted by atomic mass is 10.0. The molecule has 288 valence electrons. The van der Waals surface area contributed by atoms with Crippen LogP contribution in [0.1, 0.15) is 55.2 Å². The molecule has 6 aromatic carbocycles. The van der Waals surface area contributed by atoms with Gasteiger partial charge in [-0.25, -0.2) is 25.3 Å². The second-order valence-electron chi connectivity index (χ2n) is 16.8. The molecule has 6 aliphatic carbocycles. The number of benzene rings is 6. The van der Waals surface area contributed by atoms with Crippen molar-refractivity contribution in [2.45, 2.75) is 83.7 Å². The van der Waals surface area contributed by atoms with Crippen LogP contribution in [0.2, 0.25) is 0 Å². The first-order valence-corrected chi connectivity index (χ1v) is 23.9. The van der Waals surface area contributed by atoms with Gasteiger partial charge in [0, 0.05) is 16.2 Å². The van der Waals surface area contributed by atoms with Gasteiger partial charge in [0.15, 0.2) is 29.5 Å². The maximum absolute atomic E-state index is 12.7. The Balaban J connectivity index is 0.000000104. The average molecular weight is 811 g/mol. The van der Waals surface area contributed by atoms with E-state index in [0.717, 1.165) is 38.5 Å². The molecule has 0 spiro atoms. The zero-order valence-corrected chi connectivity index (χ0v) is 33.7. The lowest BCUT2D eigenvalue weighted by Crippen LogP contribution is -2.14. The van der Waals surface area contributed by atoms with E-state index in [0.29, 0.717) is 14.7 Å². The summed E-state index contributed by atoms with van der Waals surface area (Å²) >= 11 is 0. The quantitative estimate of drug-likeness (QED) is 0.145. The zero-order valence-electron chi connectivity index (χ0n) is 31.2. The molecule has 0 atom stereocenters. The molecule has 6 fully saturated rings. The highest BCUT2D eigenvalue weighted by Crippen LogP contribution is 2.85. The predicted molar refractivity (Wildman–Crippen MR) is 221 cm³/mol. The predicted octanol–water partition coefficient (Wildman–Crippen LogP) is 8.83. The van der Waals surface area contributed by atoms with Crippen LogP contribution in [0.15, 0.2) is 197 Å². The first kappa shape index (κ1) is 36.5. The van der Waals surface area contributed by atoms with Crippen LogP contribution in [0.3, 0.4) is 0 Å². The third kappa shape index (κ3) is 5.01. The van der Waals surface area contributed by atoms with Crippen LogP contribution in [0, 0.1) is 0 Å². The fraction of sp³-hybridized carbons (Fsp3) is 0.250. The Morgan fingerprint density at radius 1 is 0.263 bits per heavy atom. The standard InChI is InChI=1S/3C16H14O2S/c3*17-19(18,14-9-5-2-6-10-14)16-11-15(16,12-16)13-7-3-1-4-8-13/h3*1-10H,11-12H2. The van der Waals surface area contributed by atoms with Crippen LogP contribution < -0.4 is 0 Å². The van der Waals surface area contributed by atoms with E-state index in [9.17, 15) is 25.3 Å². The molecule has 0 aliphatic heterocycles. The molecule has 6 nitrogen and oxygen atoms in total. The molecule has 0 N–H and O–H groups in total. The van der Waals surface area contributed by atoms with E-state index in [1.807, 2.05) is 72.8 Å². The van der Waals surface area contributed by atoms with Gasteiger partial charge in [0.2, 0.25) is 0 Å². The molecule has 6 aromatic rings. The minimum Gasteiger partial charge on any atom is -0.223 e. The van der Waals surface area contributed by atoms with E-state index in [4.69, 9.17) is 0 Å². The lowest BCUT2D eigenvalue weighted by Gasteiger charge is -2.05. The van der Waals surface area contributed by atoms with Crippen molar-refractivity contribution >= 4 is 29.5 Å². The maximum atomic E-state index is 12.7. The first-order valence-electron chi connectivity index (χ1n) is 19.4. The number of rotatable bonds is 9. The molecular formula is C48H42O6S3. The summed E-state index contributed by atoms with van der Waals surface area (Å²) in [5.74, 6) is 0. The summed E-state index contributed by atoms with van der Waals surface area (Å²) in [6, 6.07) is 56.7. The van der Waals surface area contributed by atoms with E-state index in [2.05, 4.69) is 36.4 Å². The highest BCUT2D eigenvalue weighted by atomic mass is 32.2. The summed E-state index contributed by atoms with van der Waals surface area (Å²) in [5.41, 5.74) is 3.24. The van der Waals surface area contributed by atoms with Crippen LogP contribution in [-0.4, -0.2) is 39.5 Å². The second-order valence-corrected chi connectivity index (χ2v) is 23.6. The SMILES string of the molecule is O=S(=O)(c1ccccc1)C12CC1(c1ccccc1)C2.O=S(=O)(c1ccccc1)C12CC1(c1ccccc1)C2.O=S(=O)(c1ccccc1)C12CC1(c1ccccc1)C2. The molecule has 0 amide bonds. The fourth-order valence-corrected chi connectivity index (χ4v) is 17.4. The van der Waals surface area contributed by atoms with E-state index in [1.54, 1.807) is 72.8 Å². The van der Waals surface area contributed by atoms with Crippen molar-refractivity contribution in [2.24, 2.45) is 0 Å². The second kappa shape index (κ2) is 12.1. The minimum atomic E-state index is -3.20. The molecular weight excluding hydrogens is 769 g/mol. The van der Waals surface area contributed by atoms with Gasteiger partial charge in [-0.3, -0.25) is 0 Å². The van der Waals surface area contributed by atoms with Gasteiger partial charge in [-0.1, -0.05) is 146 Å². The molecule has 0 unspecified atom stereocenters. The van der Waals surface area contributed by atoms with Gasteiger partial charge in [0.1, 0.15) is 0 Å². The molecule has 0 aromatic heterocycles. The van der Waals surface area contributed by atoms with E-state index in [1.165, 1.54) is 16.7 Å². The molecule has 6 saturated carbocycles. The third-order valence-electron chi connectivity index (χ3n) is 14.1. The molecule has 0 saturated heterocycles. The van der Waals surface area contributed by atoms with Gasteiger partial charge < -0.3 is 0 Å². The minimum absolute atomic E-state index is 0.0943. The van der Waals surface area contributed by atoms with Crippen molar-refractivity contribution < 1.29 is 25.3 Å². The molecule has 57 heavy (non-hydrogen) atoms. The van der Waals surface area contributed by atoms with Crippen molar-refractivity contribution in [3.63, 3.8) is 0 Å². The maximum Gasteiger partial charge on any atom is 0.185 e. The molecule has 6 aliphatic rings. The van der Waals surface area contributed by atoms with Crippen LogP contribution in [0.25, 0.3) is 0 Å². The number of hydrogen-bond acceptors (Lipinski definition) is 6. The molecule has 0 heterocycles. The van der Waals surface area contributed by atoms with Crippen LogP contribution >= 0.6 is 0 Å². The summed E-state index contributed by atoms with van der Waals surface area (Å²) < 4.78 is 74.9. The summed E-state index contributed by atoms with van der Waals surface area (Å²) in [7, 11) is -9.59. The number of sulfone groups is 3. The molecule has 0 bridgehead atoms. The number of hydrogen-bond donors (Lipinski definition) is 0. The van der Waals surface area contributed by atoms with Gasteiger partial charge in [0.25, 0.3) is 0 Å². The fourth-order valence-electron chi connectivity index (χ4n) is 9.99. The van der Waals surface area contributed by atoms with Crippen molar-refractivity contribution in [3.8, 4) is 0 Å². The van der Waals surface area contributed by atoms with E-state index in [-0.39, 0.29) is 16.2 Å². The topological polar surface area (TPSA) is 102 Å². The van der Waals surface area contributed by atoms with Crippen molar-refractivity contribution in [1.29, 1.82) is 0 Å². The summed E-state index contributed by atoms with van der Waals surface area (Å²) in [6.07, 6.45) is 4.67. The van der Waals surface area contributed by atoms with Crippen LogP contribution in [0.5, 0.6) is 0 Å². The van der Waals surface area contributed by atoms with Gasteiger partial charge in [0.05, 0.1) is 28.9 Å². The van der Waals surface area contributed by atoms with Gasteiger partial charge >= 0.3 is 0 Å². The Hall–Kier alpha value is -4.83. The molecule has 0 radical (unpaired) electrons. The smallest absolute Gasteiger partial charge is 0.185 e. The van der Waals surface area contributed by atoms with Crippen molar-refractivity contribution in [3.05, 3.63) is 199 Å². The molecule has 9 heteroatoms. The Kier molecular flexibility index (Phi) is 7.75. The Labute approximate surface area is 335 Å². The van der Waals surface area contributed by atoms with Crippen molar-refractivity contribution in [1.82, 2.24) is 0 Å². The van der Waals surface area contributed by atoms with Crippen molar-refractivity contribution in [2.75, 3.05) is 0 Å². The van der Waals surface area contributed by atoms with Crippen LogP contribution in [0.4, 0.5) is 0 Å². The highest BCUT2D eigenvalue weighted by Gasteiger charge is 2.91. The lowest BCUT2D eigenvalue weighted by molar-refractivity contribution is 0.586.